The molecule has 0 bridgehead atoms. The smallest absolute Gasteiger partial charge is 0.379 e. The molecule has 0 fully saturated rings. The first-order valence-corrected chi connectivity index (χ1v) is 6.25. The number of benzene rings is 1. The first kappa shape index (κ1) is 13.9. The lowest BCUT2D eigenvalue weighted by Gasteiger charge is -2.14. The highest BCUT2D eigenvalue weighted by Crippen LogP contribution is 2.36. The quantitative estimate of drug-likeness (QED) is 0.925. The van der Waals surface area contributed by atoms with Crippen molar-refractivity contribution in [2.75, 3.05) is 5.32 Å². The second-order valence-corrected chi connectivity index (χ2v) is 4.94. The number of rotatable bonds is 3. The maximum absolute atomic E-state index is 12.8. The Kier molecular flexibility index (Phi) is 3.84. The summed E-state index contributed by atoms with van der Waals surface area (Å²) < 4.78 is 40.7. The fraction of sp³-hybridized carbons (Fsp3) is 0.250. The lowest BCUT2D eigenvalue weighted by Crippen LogP contribution is -2.11. The Morgan fingerprint density at radius 3 is 2.63 bits per heavy atom. The molecule has 0 saturated carbocycles. The van der Waals surface area contributed by atoms with Gasteiger partial charge < -0.3 is 5.32 Å². The summed E-state index contributed by atoms with van der Waals surface area (Å²) in [5, 5.41) is 6.87. The van der Waals surface area contributed by atoms with Crippen molar-refractivity contribution in [3.05, 3.63) is 46.2 Å². The molecule has 102 valence electrons. The van der Waals surface area contributed by atoms with Gasteiger partial charge >= 0.3 is 6.18 Å². The third kappa shape index (κ3) is 3.50. The van der Waals surface area contributed by atoms with Gasteiger partial charge in [-0.3, -0.25) is 4.68 Å². The van der Waals surface area contributed by atoms with Gasteiger partial charge in [0.1, 0.15) is 0 Å². The summed E-state index contributed by atoms with van der Waals surface area (Å²) in [4.78, 5) is 0. The van der Waals surface area contributed by atoms with Crippen LogP contribution in [-0.2, 0) is 19.8 Å². The number of anilines is 1. The molecule has 1 N–H and O–H groups in total. The van der Waals surface area contributed by atoms with Crippen LogP contribution in [0.3, 0.4) is 0 Å². The largest absolute Gasteiger partial charge is 0.418 e. The summed E-state index contributed by atoms with van der Waals surface area (Å²) in [5.74, 6) is 0. The summed E-state index contributed by atoms with van der Waals surface area (Å²) >= 11 is 3.17. The van der Waals surface area contributed by atoms with Crippen LogP contribution in [-0.4, -0.2) is 9.78 Å². The van der Waals surface area contributed by atoms with E-state index in [1.54, 1.807) is 24.0 Å². The van der Waals surface area contributed by atoms with E-state index in [0.717, 1.165) is 6.07 Å². The standard InChI is InChI=1S/C12H11BrF3N3/c1-19-5-4-9(18-19)7-17-11-6-8(13)2-3-10(11)12(14,15)16/h2-6,17H,7H2,1H3. The van der Waals surface area contributed by atoms with Crippen molar-refractivity contribution < 1.29 is 13.2 Å². The molecule has 0 spiro atoms. The van der Waals surface area contributed by atoms with E-state index in [2.05, 4.69) is 26.3 Å². The van der Waals surface area contributed by atoms with Crippen molar-refractivity contribution >= 4 is 21.6 Å². The zero-order valence-corrected chi connectivity index (χ0v) is 11.6. The van der Waals surface area contributed by atoms with E-state index in [0.29, 0.717) is 10.2 Å². The summed E-state index contributed by atoms with van der Waals surface area (Å²) in [6.45, 7) is 0.236. The normalized spacial score (nSPS) is 11.6. The van der Waals surface area contributed by atoms with Gasteiger partial charge in [0.05, 0.1) is 17.8 Å². The molecule has 0 aliphatic heterocycles. The molecule has 2 aromatic rings. The molecule has 0 saturated heterocycles. The van der Waals surface area contributed by atoms with E-state index in [1.165, 1.54) is 12.1 Å². The molecule has 1 aromatic heterocycles. The molecule has 0 amide bonds. The minimum absolute atomic E-state index is 0.0347. The average molecular weight is 334 g/mol. The fourth-order valence-electron chi connectivity index (χ4n) is 1.65. The first-order valence-electron chi connectivity index (χ1n) is 5.45. The van der Waals surface area contributed by atoms with Gasteiger partial charge in [0.25, 0.3) is 0 Å². The molecule has 0 atom stereocenters. The number of nitrogens with zero attached hydrogens (tertiary/aromatic N) is 2. The minimum Gasteiger partial charge on any atom is -0.379 e. The Bertz CT molecular complexity index is 578. The number of nitrogens with one attached hydrogen (secondary N) is 1. The summed E-state index contributed by atoms with van der Waals surface area (Å²) in [7, 11) is 1.75. The number of hydrogen-bond donors (Lipinski definition) is 1. The number of alkyl halides is 3. The van der Waals surface area contributed by atoms with Crippen molar-refractivity contribution in [1.82, 2.24) is 9.78 Å². The van der Waals surface area contributed by atoms with Crippen molar-refractivity contribution in [3.63, 3.8) is 0 Å². The summed E-state index contributed by atoms with van der Waals surface area (Å²) in [6, 6.07) is 5.57. The molecule has 2 rings (SSSR count). The van der Waals surface area contributed by atoms with Crippen molar-refractivity contribution in [1.29, 1.82) is 0 Å². The Labute approximate surface area is 116 Å². The van der Waals surface area contributed by atoms with E-state index in [1.807, 2.05) is 0 Å². The van der Waals surface area contributed by atoms with Crippen molar-refractivity contribution in [3.8, 4) is 0 Å². The van der Waals surface area contributed by atoms with E-state index < -0.39 is 11.7 Å². The highest BCUT2D eigenvalue weighted by Gasteiger charge is 2.33. The third-order valence-electron chi connectivity index (χ3n) is 2.52. The van der Waals surface area contributed by atoms with Crippen molar-refractivity contribution in [2.45, 2.75) is 12.7 Å². The van der Waals surface area contributed by atoms with Crippen LogP contribution in [0.1, 0.15) is 11.3 Å². The zero-order valence-electron chi connectivity index (χ0n) is 10.0. The molecule has 0 radical (unpaired) electrons. The van der Waals surface area contributed by atoms with Crippen LogP contribution >= 0.6 is 15.9 Å². The molecular formula is C12H11BrF3N3. The van der Waals surface area contributed by atoms with Crippen LogP contribution in [0.25, 0.3) is 0 Å². The Morgan fingerprint density at radius 1 is 1.32 bits per heavy atom. The van der Waals surface area contributed by atoms with Gasteiger partial charge in [-0.15, -0.1) is 0 Å². The maximum atomic E-state index is 12.8. The van der Waals surface area contributed by atoms with E-state index >= 15 is 0 Å². The molecule has 19 heavy (non-hydrogen) atoms. The predicted octanol–water partition coefficient (Wildman–Crippen LogP) is 3.81. The molecule has 0 aliphatic rings. The molecule has 0 aliphatic carbocycles. The monoisotopic (exact) mass is 333 g/mol. The van der Waals surface area contributed by atoms with Gasteiger partial charge in [-0.2, -0.15) is 18.3 Å². The summed E-state index contributed by atoms with van der Waals surface area (Å²) in [6.07, 6.45) is -2.64. The zero-order chi connectivity index (χ0) is 14.0. The number of aryl methyl sites for hydroxylation is 1. The van der Waals surface area contributed by atoms with Crippen molar-refractivity contribution in [2.24, 2.45) is 7.05 Å². The Morgan fingerprint density at radius 2 is 2.05 bits per heavy atom. The molecule has 0 unspecified atom stereocenters. The maximum Gasteiger partial charge on any atom is 0.418 e. The van der Waals surface area contributed by atoms with E-state index in [9.17, 15) is 13.2 Å². The highest BCUT2D eigenvalue weighted by atomic mass is 79.9. The summed E-state index contributed by atoms with van der Waals surface area (Å²) in [5.41, 5.74) is 0.0229. The highest BCUT2D eigenvalue weighted by molar-refractivity contribution is 9.10. The third-order valence-corrected chi connectivity index (χ3v) is 3.01. The Hall–Kier alpha value is -1.50. The fourth-order valence-corrected chi connectivity index (χ4v) is 2.01. The molecule has 3 nitrogen and oxygen atoms in total. The van der Waals surface area contributed by atoms with Gasteiger partial charge in [0.15, 0.2) is 0 Å². The molecule has 1 aromatic carbocycles. The topological polar surface area (TPSA) is 29.9 Å². The predicted molar refractivity (Wildman–Crippen MR) is 69.7 cm³/mol. The van der Waals surface area contributed by atoms with Crippen LogP contribution in [0.2, 0.25) is 0 Å². The van der Waals surface area contributed by atoms with Gasteiger partial charge in [-0.05, 0) is 24.3 Å². The number of hydrogen-bond acceptors (Lipinski definition) is 2. The lowest BCUT2D eigenvalue weighted by molar-refractivity contribution is -0.137. The Balaban J connectivity index is 2.21. The van der Waals surface area contributed by atoms with Crippen LogP contribution in [0.15, 0.2) is 34.9 Å². The van der Waals surface area contributed by atoms with E-state index in [-0.39, 0.29) is 12.2 Å². The molecular weight excluding hydrogens is 323 g/mol. The number of aromatic nitrogens is 2. The average Bonchev–Trinajstić information content (AvgIpc) is 2.71. The van der Waals surface area contributed by atoms with Crippen LogP contribution in [0, 0.1) is 0 Å². The minimum atomic E-state index is -4.38. The van der Waals surface area contributed by atoms with Gasteiger partial charge in [-0.25, -0.2) is 0 Å². The second-order valence-electron chi connectivity index (χ2n) is 4.02. The van der Waals surface area contributed by atoms with Crippen LogP contribution < -0.4 is 5.32 Å². The SMILES string of the molecule is Cn1ccc(CNc2cc(Br)ccc2C(F)(F)F)n1. The van der Waals surface area contributed by atoms with Gasteiger partial charge in [-0.1, -0.05) is 15.9 Å². The van der Waals surface area contributed by atoms with E-state index in [4.69, 9.17) is 0 Å². The van der Waals surface area contributed by atoms with Crippen LogP contribution in [0.5, 0.6) is 0 Å². The van der Waals surface area contributed by atoms with Gasteiger partial charge in [0.2, 0.25) is 0 Å². The first-order chi connectivity index (χ1) is 8.86. The second kappa shape index (κ2) is 5.24. The molecule has 7 heteroatoms. The lowest BCUT2D eigenvalue weighted by atomic mass is 10.1. The van der Waals surface area contributed by atoms with Crippen LogP contribution in [0.4, 0.5) is 18.9 Å². The number of halogens is 4. The molecule has 1 heterocycles. The van der Waals surface area contributed by atoms with Gasteiger partial charge in [0, 0.05) is 23.4 Å².